The highest BCUT2D eigenvalue weighted by molar-refractivity contribution is 6.03. The maximum absolute atomic E-state index is 12.9. The van der Waals surface area contributed by atoms with Gasteiger partial charge in [-0.2, -0.15) is 0 Å². The summed E-state index contributed by atoms with van der Waals surface area (Å²) in [5, 5.41) is 12.4. The number of carbonyl (C=O) groups excluding carboxylic acids is 1. The topological polar surface area (TPSA) is 54.1 Å². The Hall–Kier alpha value is -2.98. The van der Waals surface area contributed by atoms with Gasteiger partial charge < -0.3 is 9.51 Å². The lowest BCUT2D eigenvalue weighted by molar-refractivity contribution is 0.0980. The molecule has 2 aromatic heterocycles. The summed E-state index contributed by atoms with van der Waals surface area (Å²) in [4.78, 5) is 17.8. The molecule has 0 fully saturated rings. The normalized spacial score (nSPS) is 12.3. The van der Waals surface area contributed by atoms with E-state index in [0.29, 0.717) is 17.3 Å². The van der Waals surface area contributed by atoms with Gasteiger partial charge in [0.1, 0.15) is 0 Å². The standard InChI is InChI=1S/C23H22N2O2/c1-3-7-21(27)19-13-25-17(14-26)12-16-9-6-10-18(23(16)25)22(19)24-20-11-5-4-8-15(20)2/h4-6,8-13,26H,3,7,14H2,1-2H3. The van der Waals surface area contributed by atoms with E-state index in [2.05, 4.69) is 0 Å². The Morgan fingerprint density at radius 2 is 1.96 bits per heavy atom. The number of aliphatic hydroxyl groups is 1. The maximum atomic E-state index is 12.9. The number of aliphatic hydroxyl groups excluding tert-OH is 1. The smallest absolute Gasteiger partial charge is 0.166 e. The van der Waals surface area contributed by atoms with E-state index in [9.17, 15) is 9.90 Å². The van der Waals surface area contributed by atoms with Crippen LogP contribution in [0.15, 0.2) is 59.7 Å². The van der Waals surface area contributed by atoms with Gasteiger partial charge in [0, 0.05) is 29.1 Å². The molecule has 4 heteroatoms. The Labute approximate surface area is 157 Å². The Morgan fingerprint density at radius 1 is 1.15 bits per heavy atom. The van der Waals surface area contributed by atoms with Crippen LogP contribution >= 0.6 is 0 Å². The summed E-state index contributed by atoms with van der Waals surface area (Å²) in [7, 11) is 0. The monoisotopic (exact) mass is 358 g/mol. The first-order chi connectivity index (χ1) is 13.1. The van der Waals surface area contributed by atoms with E-state index in [1.807, 2.05) is 73.0 Å². The van der Waals surface area contributed by atoms with Crippen LogP contribution in [0.4, 0.5) is 5.69 Å². The van der Waals surface area contributed by atoms with Crippen molar-refractivity contribution in [3.8, 4) is 0 Å². The van der Waals surface area contributed by atoms with E-state index in [4.69, 9.17) is 4.99 Å². The van der Waals surface area contributed by atoms with Crippen LogP contribution in [0.25, 0.3) is 16.3 Å². The SMILES string of the molecule is CCCC(=O)c1cn2c(CO)cc3cccc(c1=Nc1ccccc1C)c32. The summed E-state index contributed by atoms with van der Waals surface area (Å²) in [5.41, 5.74) is 4.29. The van der Waals surface area contributed by atoms with Gasteiger partial charge in [0.25, 0.3) is 0 Å². The number of hydrogen-bond acceptors (Lipinski definition) is 3. The fourth-order valence-electron chi connectivity index (χ4n) is 3.63. The number of hydrogen-bond donors (Lipinski definition) is 1. The average molecular weight is 358 g/mol. The van der Waals surface area contributed by atoms with Gasteiger partial charge in [-0.1, -0.05) is 43.3 Å². The summed E-state index contributed by atoms with van der Waals surface area (Å²) >= 11 is 0. The quantitative estimate of drug-likeness (QED) is 0.532. The zero-order valence-electron chi connectivity index (χ0n) is 15.6. The van der Waals surface area contributed by atoms with Crippen LogP contribution in [-0.4, -0.2) is 15.3 Å². The summed E-state index contributed by atoms with van der Waals surface area (Å²) in [5.74, 6) is 0.0741. The fourth-order valence-corrected chi connectivity index (χ4v) is 3.63. The number of Topliss-reactive ketones (excluding diaryl/α,β-unsaturated/α-hetero) is 1. The number of nitrogens with zero attached hydrogens (tertiary/aromatic N) is 2. The number of ketones is 1. The molecule has 0 aliphatic heterocycles. The van der Waals surface area contributed by atoms with Crippen molar-refractivity contribution in [2.75, 3.05) is 0 Å². The lowest BCUT2D eigenvalue weighted by Crippen LogP contribution is -2.18. The lowest BCUT2D eigenvalue weighted by Gasteiger charge is -2.10. The molecular formula is C23H22N2O2. The van der Waals surface area contributed by atoms with Crippen molar-refractivity contribution in [1.82, 2.24) is 4.40 Å². The zero-order valence-corrected chi connectivity index (χ0v) is 15.6. The molecule has 4 nitrogen and oxygen atoms in total. The first-order valence-electron chi connectivity index (χ1n) is 9.27. The molecule has 0 atom stereocenters. The molecular weight excluding hydrogens is 336 g/mol. The highest BCUT2D eigenvalue weighted by Crippen LogP contribution is 2.25. The number of carbonyl (C=O) groups is 1. The number of benzene rings is 2. The van der Waals surface area contributed by atoms with Crippen LogP contribution in [0.5, 0.6) is 0 Å². The van der Waals surface area contributed by atoms with Gasteiger partial charge in [0.15, 0.2) is 5.78 Å². The molecule has 1 N–H and O–H groups in total. The predicted molar refractivity (Wildman–Crippen MR) is 108 cm³/mol. The molecule has 0 aliphatic rings. The van der Waals surface area contributed by atoms with Crippen molar-refractivity contribution in [1.29, 1.82) is 0 Å². The minimum atomic E-state index is -0.0792. The Bertz CT molecular complexity index is 1200. The Morgan fingerprint density at radius 3 is 2.70 bits per heavy atom. The number of rotatable bonds is 5. The molecule has 0 radical (unpaired) electrons. The van der Waals surface area contributed by atoms with E-state index in [1.54, 1.807) is 0 Å². The van der Waals surface area contributed by atoms with Gasteiger partial charge in [0.05, 0.1) is 28.7 Å². The van der Waals surface area contributed by atoms with Gasteiger partial charge in [-0.3, -0.25) is 4.79 Å². The van der Waals surface area contributed by atoms with E-state index < -0.39 is 0 Å². The van der Waals surface area contributed by atoms with Crippen molar-refractivity contribution >= 4 is 27.8 Å². The van der Waals surface area contributed by atoms with Crippen molar-refractivity contribution in [3.63, 3.8) is 0 Å². The molecule has 2 heterocycles. The molecule has 4 rings (SSSR count). The molecule has 0 saturated carbocycles. The van der Waals surface area contributed by atoms with Crippen LogP contribution < -0.4 is 5.36 Å². The summed E-state index contributed by atoms with van der Waals surface area (Å²) < 4.78 is 1.93. The predicted octanol–water partition coefficient (Wildman–Crippen LogP) is 4.55. The fraction of sp³-hybridized carbons (Fsp3) is 0.217. The largest absolute Gasteiger partial charge is 0.390 e. The summed E-state index contributed by atoms with van der Waals surface area (Å²) in [6.07, 6.45) is 3.10. The van der Waals surface area contributed by atoms with E-state index in [0.717, 1.165) is 39.7 Å². The van der Waals surface area contributed by atoms with Gasteiger partial charge in [-0.25, -0.2) is 4.99 Å². The second-order valence-electron chi connectivity index (χ2n) is 6.87. The summed E-state index contributed by atoms with van der Waals surface area (Å²) in [6, 6.07) is 15.9. The molecule has 0 unspecified atom stereocenters. The first-order valence-corrected chi connectivity index (χ1v) is 9.27. The molecule has 0 bridgehead atoms. The minimum absolute atomic E-state index is 0.0741. The van der Waals surface area contributed by atoms with Crippen LogP contribution in [0.3, 0.4) is 0 Å². The van der Waals surface area contributed by atoms with Gasteiger partial charge in [-0.15, -0.1) is 0 Å². The van der Waals surface area contributed by atoms with Crippen molar-refractivity contribution in [3.05, 3.63) is 76.9 Å². The zero-order chi connectivity index (χ0) is 19.0. The van der Waals surface area contributed by atoms with E-state index >= 15 is 0 Å². The first kappa shape index (κ1) is 17.4. The summed E-state index contributed by atoms with van der Waals surface area (Å²) in [6.45, 7) is 3.94. The average Bonchev–Trinajstić information content (AvgIpc) is 3.04. The molecule has 136 valence electrons. The van der Waals surface area contributed by atoms with E-state index in [1.165, 1.54) is 0 Å². The van der Waals surface area contributed by atoms with Gasteiger partial charge in [0.2, 0.25) is 0 Å². The molecule has 0 spiro atoms. The molecule has 2 aromatic carbocycles. The van der Waals surface area contributed by atoms with Crippen molar-refractivity contribution in [2.24, 2.45) is 4.99 Å². The van der Waals surface area contributed by atoms with Crippen LogP contribution in [0, 0.1) is 6.92 Å². The second-order valence-corrected chi connectivity index (χ2v) is 6.87. The molecule has 27 heavy (non-hydrogen) atoms. The van der Waals surface area contributed by atoms with Crippen molar-refractivity contribution < 1.29 is 9.90 Å². The highest BCUT2D eigenvalue weighted by Gasteiger charge is 2.17. The number of aromatic nitrogens is 1. The molecule has 4 aromatic rings. The molecule has 0 saturated heterocycles. The van der Waals surface area contributed by atoms with Crippen molar-refractivity contribution in [2.45, 2.75) is 33.3 Å². The Balaban J connectivity index is 2.15. The van der Waals surface area contributed by atoms with E-state index in [-0.39, 0.29) is 12.4 Å². The van der Waals surface area contributed by atoms with Gasteiger partial charge >= 0.3 is 0 Å². The Kier molecular flexibility index (Phi) is 4.50. The van der Waals surface area contributed by atoms with Crippen LogP contribution in [0.1, 0.15) is 41.4 Å². The maximum Gasteiger partial charge on any atom is 0.166 e. The van der Waals surface area contributed by atoms with Crippen LogP contribution in [-0.2, 0) is 6.61 Å². The third-order valence-electron chi connectivity index (χ3n) is 5.00. The molecule has 0 amide bonds. The number of para-hydroxylation sites is 2. The molecule has 0 aliphatic carbocycles. The lowest BCUT2D eigenvalue weighted by atomic mass is 10.0. The third-order valence-corrected chi connectivity index (χ3v) is 5.00. The number of aryl methyl sites for hydroxylation is 1. The minimum Gasteiger partial charge on any atom is -0.390 e. The van der Waals surface area contributed by atoms with Crippen LogP contribution in [0.2, 0.25) is 0 Å². The number of pyridine rings is 1. The third kappa shape index (κ3) is 2.92. The van der Waals surface area contributed by atoms with Gasteiger partial charge in [-0.05, 0) is 31.0 Å². The highest BCUT2D eigenvalue weighted by atomic mass is 16.3. The second kappa shape index (κ2) is 6.97.